The van der Waals surface area contributed by atoms with Crippen LogP contribution in [0, 0.1) is 12.8 Å². The van der Waals surface area contributed by atoms with Gasteiger partial charge in [-0.15, -0.1) is 0 Å². The van der Waals surface area contributed by atoms with Gasteiger partial charge in [0.25, 0.3) is 6.47 Å². The van der Waals surface area contributed by atoms with Crippen LogP contribution in [0.1, 0.15) is 59.4 Å². The van der Waals surface area contributed by atoms with Crippen LogP contribution >= 0.6 is 0 Å². The number of aryl methyl sites for hydroxylation is 1. The van der Waals surface area contributed by atoms with Crippen molar-refractivity contribution in [3.8, 4) is 0 Å². The molecule has 0 radical (unpaired) electrons. The van der Waals surface area contributed by atoms with Crippen molar-refractivity contribution in [1.29, 1.82) is 0 Å². The van der Waals surface area contributed by atoms with Crippen molar-refractivity contribution in [2.24, 2.45) is 5.92 Å². The first kappa shape index (κ1) is 27.1. The van der Waals surface area contributed by atoms with E-state index in [4.69, 9.17) is 9.90 Å². The highest BCUT2D eigenvalue weighted by Crippen LogP contribution is 2.16. The van der Waals surface area contributed by atoms with Crippen LogP contribution in [0.15, 0.2) is 42.4 Å². The number of hydrogen-bond acceptors (Lipinski definition) is 4. The van der Waals surface area contributed by atoms with Gasteiger partial charge in [0, 0.05) is 11.9 Å². The summed E-state index contributed by atoms with van der Waals surface area (Å²) in [6.07, 6.45) is 9.61. The Morgan fingerprint density at radius 2 is 1.96 bits per heavy atom. The summed E-state index contributed by atoms with van der Waals surface area (Å²) in [4.78, 5) is 12.4. The number of rotatable bonds is 3. The number of nitrogens with one attached hydrogen (secondary N) is 2. The van der Waals surface area contributed by atoms with E-state index in [2.05, 4.69) is 49.9 Å². The van der Waals surface area contributed by atoms with E-state index in [0.29, 0.717) is 0 Å². The Hall–Kier alpha value is -2.14. The van der Waals surface area contributed by atoms with Gasteiger partial charge in [0.1, 0.15) is 0 Å². The van der Waals surface area contributed by atoms with E-state index >= 15 is 0 Å². The van der Waals surface area contributed by atoms with Gasteiger partial charge in [0.2, 0.25) is 0 Å². The summed E-state index contributed by atoms with van der Waals surface area (Å²) in [6.45, 7) is 18.5. The van der Waals surface area contributed by atoms with Gasteiger partial charge in [-0.25, -0.2) is 0 Å². The van der Waals surface area contributed by atoms with Crippen molar-refractivity contribution >= 4 is 12.2 Å². The zero-order valence-corrected chi connectivity index (χ0v) is 18.0. The molecule has 5 nitrogen and oxygen atoms in total. The fourth-order valence-corrected chi connectivity index (χ4v) is 2.31. The van der Waals surface area contributed by atoms with E-state index < -0.39 is 0 Å². The van der Waals surface area contributed by atoms with Gasteiger partial charge < -0.3 is 15.7 Å². The fraction of sp³-hybridized carbons (Fsp3) is 0.545. The van der Waals surface area contributed by atoms with E-state index in [1.165, 1.54) is 43.5 Å². The molecule has 0 amide bonds. The monoisotopic (exact) mass is 377 g/mol. The second kappa shape index (κ2) is 18.6. The van der Waals surface area contributed by atoms with Crippen molar-refractivity contribution < 1.29 is 9.90 Å². The third kappa shape index (κ3) is 14.7. The minimum Gasteiger partial charge on any atom is -0.483 e. The van der Waals surface area contributed by atoms with Crippen LogP contribution in [0.4, 0.5) is 5.69 Å². The van der Waals surface area contributed by atoms with Crippen molar-refractivity contribution in [2.75, 3.05) is 18.4 Å². The molecule has 2 heterocycles. The molecule has 0 saturated carbocycles. The summed E-state index contributed by atoms with van der Waals surface area (Å²) in [5, 5.41) is 13.6. The number of anilines is 1. The zero-order chi connectivity index (χ0) is 21.1. The zero-order valence-electron chi connectivity index (χ0n) is 18.0. The topological polar surface area (TPSA) is 74.2 Å². The molecule has 5 heteroatoms. The van der Waals surface area contributed by atoms with Crippen LogP contribution in [0.2, 0.25) is 0 Å². The SMILES string of the molecule is C=CC(Nc1cnccc1C)=C(C)C.CC.CC1CCCNCC1.O=CO. The third-order valence-electron chi connectivity index (χ3n) is 3.92. The highest BCUT2D eigenvalue weighted by Gasteiger charge is 2.04. The van der Waals surface area contributed by atoms with Gasteiger partial charge in [-0.05, 0) is 76.7 Å². The number of allylic oxidation sites excluding steroid dienone is 2. The minimum atomic E-state index is -0.250. The van der Waals surface area contributed by atoms with E-state index in [1.807, 2.05) is 32.2 Å². The van der Waals surface area contributed by atoms with Crippen LogP contribution in [0.3, 0.4) is 0 Å². The summed E-state index contributed by atoms with van der Waals surface area (Å²) in [5.74, 6) is 0.963. The number of carboxylic acid groups (broad SMARTS) is 1. The van der Waals surface area contributed by atoms with Gasteiger partial charge in [-0.1, -0.05) is 32.9 Å². The van der Waals surface area contributed by atoms with Gasteiger partial charge in [0.05, 0.1) is 11.9 Å². The van der Waals surface area contributed by atoms with E-state index in [9.17, 15) is 0 Å². The molecule has 1 aromatic heterocycles. The maximum absolute atomic E-state index is 8.36. The molecule has 1 unspecified atom stereocenters. The Bertz CT molecular complexity index is 530. The summed E-state index contributed by atoms with van der Waals surface area (Å²) in [5.41, 5.74) is 4.47. The largest absolute Gasteiger partial charge is 0.483 e. The first-order valence-corrected chi connectivity index (χ1v) is 9.72. The molecule has 0 aromatic carbocycles. The average Bonchev–Trinajstić information content (AvgIpc) is 2.91. The molecule has 2 rings (SSSR count). The lowest BCUT2D eigenvalue weighted by Gasteiger charge is -2.10. The van der Waals surface area contributed by atoms with Crippen molar-refractivity contribution in [1.82, 2.24) is 10.3 Å². The molecule has 3 N–H and O–H groups in total. The van der Waals surface area contributed by atoms with Crippen molar-refractivity contribution in [2.45, 2.75) is 60.8 Å². The number of aromatic nitrogens is 1. The smallest absolute Gasteiger partial charge is 0.290 e. The standard InChI is InChI=1S/C12H16N2.C7H15N.C2H6.CH2O2/c1-5-11(9(2)3)14-12-8-13-7-6-10(12)4;1-7-3-2-5-8-6-4-7;1-2;2-1-3/h5-8,14H,1H2,2-4H3;7-8H,2-6H2,1H3;1-2H3;1H,(H,2,3). The van der Waals surface area contributed by atoms with E-state index in [1.54, 1.807) is 6.20 Å². The predicted molar refractivity (Wildman–Crippen MR) is 117 cm³/mol. The minimum absolute atomic E-state index is 0.250. The summed E-state index contributed by atoms with van der Waals surface area (Å²) < 4.78 is 0. The molecule has 1 atom stereocenters. The second-order valence-corrected chi connectivity index (χ2v) is 6.32. The summed E-state index contributed by atoms with van der Waals surface area (Å²) in [6, 6.07) is 1.98. The molecular weight excluding hydrogens is 338 g/mol. The average molecular weight is 378 g/mol. The molecule has 1 aliphatic rings. The molecule has 0 bridgehead atoms. The lowest BCUT2D eigenvalue weighted by molar-refractivity contribution is -0.122. The Labute approximate surface area is 166 Å². The number of carbonyl (C=O) groups is 1. The normalized spacial score (nSPS) is 15.0. The first-order valence-electron chi connectivity index (χ1n) is 9.72. The summed E-state index contributed by atoms with van der Waals surface area (Å²) in [7, 11) is 0. The molecular formula is C22H39N3O2. The van der Waals surface area contributed by atoms with Gasteiger partial charge in [-0.2, -0.15) is 0 Å². The maximum atomic E-state index is 8.36. The lowest BCUT2D eigenvalue weighted by Crippen LogP contribution is -2.13. The first-order chi connectivity index (χ1) is 13.0. The molecule has 154 valence electrons. The Morgan fingerprint density at radius 1 is 1.33 bits per heavy atom. The van der Waals surface area contributed by atoms with Crippen LogP contribution < -0.4 is 10.6 Å². The molecule has 0 spiro atoms. The lowest BCUT2D eigenvalue weighted by atomic mass is 10.0. The van der Waals surface area contributed by atoms with Crippen LogP contribution in [-0.2, 0) is 4.79 Å². The Morgan fingerprint density at radius 3 is 2.48 bits per heavy atom. The summed E-state index contributed by atoms with van der Waals surface area (Å²) >= 11 is 0. The highest BCUT2D eigenvalue weighted by atomic mass is 16.3. The third-order valence-corrected chi connectivity index (χ3v) is 3.92. The van der Waals surface area contributed by atoms with Crippen molar-refractivity contribution in [3.05, 3.63) is 47.9 Å². The Balaban J connectivity index is 0. The predicted octanol–water partition coefficient (Wildman–Crippen LogP) is 5.40. The molecule has 1 aliphatic heterocycles. The van der Waals surface area contributed by atoms with Crippen LogP contribution in [0.5, 0.6) is 0 Å². The molecule has 1 fully saturated rings. The molecule has 1 aromatic rings. The number of pyridine rings is 1. The van der Waals surface area contributed by atoms with Gasteiger partial charge in [-0.3, -0.25) is 9.78 Å². The molecule has 1 saturated heterocycles. The van der Waals surface area contributed by atoms with Gasteiger partial charge >= 0.3 is 0 Å². The van der Waals surface area contributed by atoms with E-state index in [0.717, 1.165) is 17.3 Å². The Kier molecular flexibility index (Phi) is 18.7. The second-order valence-electron chi connectivity index (χ2n) is 6.32. The number of nitrogens with zero attached hydrogens (tertiary/aromatic N) is 1. The van der Waals surface area contributed by atoms with Crippen LogP contribution in [0.25, 0.3) is 0 Å². The highest BCUT2D eigenvalue weighted by molar-refractivity contribution is 5.54. The molecule has 27 heavy (non-hydrogen) atoms. The number of hydrogen-bond donors (Lipinski definition) is 3. The van der Waals surface area contributed by atoms with Crippen molar-refractivity contribution in [3.63, 3.8) is 0 Å². The maximum Gasteiger partial charge on any atom is 0.290 e. The van der Waals surface area contributed by atoms with Crippen LogP contribution in [-0.4, -0.2) is 29.7 Å². The molecule has 0 aliphatic carbocycles. The van der Waals surface area contributed by atoms with E-state index in [-0.39, 0.29) is 6.47 Å². The van der Waals surface area contributed by atoms with Gasteiger partial charge in [0.15, 0.2) is 0 Å². The quantitative estimate of drug-likeness (QED) is 0.485. The fourth-order valence-electron chi connectivity index (χ4n) is 2.31.